The topological polar surface area (TPSA) is 78.8 Å². The van der Waals surface area contributed by atoms with Crippen molar-refractivity contribution in [1.29, 1.82) is 0 Å². The van der Waals surface area contributed by atoms with Gasteiger partial charge in [0.05, 0.1) is 13.2 Å². The molecule has 0 saturated carbocycles. The number of carbonyl (C=O) groups excluding carboxylic acids is 1. The number of aliphatic hydroxyl groups is 2. The second kappa shape index (κ2) is 5.01. The van der Waals surface area contributed by atoms with Gasteiger partial charge in [0, 0.05) is 0 Å². The van der Waals surface area contributed by atoms with E-state index in [2.05, 4.69) is 11.2 Å². The molecule has 0 aliphatic heterocycles. The second-order valence-electron chi connectivity index (χ2n) is 4.17. The summed E-state index contributed by atoms with van der Waals surface area (Å²) in [7, 11) is 0. The summed E-state index contributed by atoms with van der Waals surface area (Å²) < 4.78 is 4.93. The molecular formula is C10H17NO4. The molecule has 0 bridgehead atoms. The Morgan fingerprint density at radius 2 is 1.87 bits per heavy atom. The summed E-state index contributed by atoms with van der Waals surface area (Å²) in [6, 6.07) is 0. The Hall–Kier alpha value is -1.25. The Labute approximate surface area is 89.4 Å². The SMILES string of the molecule is C#CC(CO)(CO)NC(=O)OC(C)(C)C. The molecule has 5 nitrogen and oxygen atoms in total. The van der Waals surface area contributed by atoms with E-state index in [4.69, 9.17) is 21.4 Å². The molecule has 1 amide bonds. The van der Waals surface area contributed by atoms with Gasteiger partial charge in [-0.1, -0.05) is 5.92 Å². The zero-order valence-corrected chi connectivity index (χ0v) is 9.20. The van der Waals surface area contributed by atoms with Crippen molar-refractivity contribution in [3.63, 3.8) is 0 Å². The molecule has 5 heteroatoms. The molecule has 3 N–H and O–H groups in total. The minimum Gasteiger partial charge on any atom is -0.444 e. The quantitative estimate of drug-likeness (QED) is 0.573. The maximum Gasteiger partial charge on any atom is 0.409 e. The summed E-state index contributed by atoms with van der Waals surface area (Å²) in [5.41, 5.74) is -2.13. The molecule has 0 aromatic carbocycles. The van der Waals surface area contributed by atoms with Crippen LogP contribution in [0.5, 0.6) is 0 Å². The third kappa shape index (κ3) is 4.68. The Balaban J connectivity index is 4.45. The van der Waals surface area contributed by atoms with Crippen molar-refractivity contribution in [2.75, 3.05) is 13.2 Å². The molecule has 0 rings (SSSR count). The smallest absolute Gasteiger partial charge is 0.409 e. The number of alkyl carbamates (subject to hydrolysis) is 1. The third-order valence-corrected chi connectivity index (χ3v) is 1.56. The minimum absolute atomic E-state index is 0.556. The maximum atomic E-state index is 11.3. The molecule has 0 aliphatic carbocycles. The highest BCUT2D eigenvalue weighted by atomic mass is 16.6. The molecule has 0 aliphatic rings. The fourth-order valence-electron chi connectivity index (χ4n) is 0.755. The highest BCUT2D eigenvalue weighted by molar-refractivity contribution is 5.69. The molecule has 0 aromatic heterocycles. The van der Waals surface area contributed by atoms with E-state index < -0.39 is 30.4 Å². The summed E-state index contributed by atoms with van der Waals surface area (Å²) >= 11 is 0. The van der Waals surface area contributed by atoms with Crippen LogP contribution in [0.4, 0.5) is 4.79 Å². The van der Waals surface area contributed by atoms with Gasteiger partial charge >= 0.3 is 6.09 Å². The maximum absolute atomic E-state index is 11.3. The van der Waals surface area contributed by atoms with Crippen LogP contribution in [-0.2, 0) is 4.74 Å². The summed E-state index contributed by atoms with van der Waals surface area (Å²) in [4.78, 5) is 11.3. The highest BCUT2D eigenvalue weighted by Crippen LogP contribution is 2.09. The molecule has 0 atom stereocenters. The summed E-state index contributed by atoms with van der Waals surface area (Å²) in [5.74, 6) is 2.12. The normalized spacial score (nSPS) is 11.7. The Kier molecular flexibility index (Phi) is 4.59. The third-order valence-electron chi connectivity index (χ3n) is 1.56. The van der Waals surface area contributed by atoms with Crippen LogP contribution in [-0.4, -0.2) is 40.7 Å². The number of nitrogens with one attached hydrogen (secondary N) is 1. The van der Waals surface area contributed by atoms with Crippen molar-refractivity contribution in [1.82, 2.24) is 5.32 Å². The van der Waals surface area contributed by atoms with Gasteiger partial charge in [-0.25, -0.2) is 4.79 Å². The molecule has 0 unspecified atom stereocenters. The minimum atomic E-state index is -1.47. The highest BCUT2D eigenvalue weighted by Gasteiger charge is 2.30. The Morgan fingerprint density at radius 3 is 2.13 bits per heavy atom. The molecule has 0 saturated heterocycles. The average molecular weight is 215 g/mol. The van der Waals surface area contributed by atoms with E-state index in [0.29, 0.717) is 0 Å². The van der Waals surface area contributed by atoms with E-state index in [9.17, 15) is 4.79 Å². The van der Waals surface area contributed by atoms with Gasteiger partial charge in [0.1, 0.15) is 11.1 Å². The van der Waals surface area contributed by atoms with Gasteiger partial charge in [-0.3, -0.25) is 0 Å². The fraction of sp³-hybridized carbons (Fsp3) is 0.700. The molecule has 0 spiro atoms. The van der Waals surface area contributed by atoms with Crippen molar-refractivity contribution in [2.45, 2.75) is 31.9 Å². The van der Waals surface area contributed by atoms with Crippen LogP contribution >= 0.6 is 0 Å². The summed E-state index contributed by atoms with van der Waals surface area (Å²) in [6.07, 6.45) is 4.33. The van der Waals surface area contributed by atoms with E-state index in [0.717, 1.165) is 0 Å². The van der Waals surface area contributed by atoms with Gasteiger partial charge in [-0.15, -0.1) is 6.42 Å². The first-order valence-electron chi connectivity index (χ1n) is 4.49. The first-order chi connectivity index (χ1) is 6.78. The lowest BCUT2D eigenvalue weighted by atomic mass is 10.0. The molecule has 0 radical (unpaired) electrons. The van der Waals surface area contributed by atoms with Crippen LogP contribution in [0.2, 0.25) is 0 Å². The van der Waals surface area contributed by atoms with Crippen LogP contribution in [0.15, 0.2) is 0 Å². The lowest BCUT2D eigenvalue weighted by Crippen LogP contribution is -2.54. The largest absolute Gasteiger partial charge is 0.444 e. The van der Waals surface area contributed by atoms with Crippen LogP contribution in [0.1, 0.15) is 20.8 Å². The van der Waals surface area contributed by atoms with E-state index in [1.54, 1.807) is 20.8 Å². The Morgan fingerprint density at radius 1 is 1.40 bits per heavy atom. The van der Waals surface area contributed by atoms with Crippen molar-refractivity contribution in [2.24, 2.45) is 0 Å². The lowest BCUT2D eigenvalue weighted by Gasteiger charge is -2.27. The number of aliphatic hydroxyl groups excluding tert-OH is 2. The number of hydrogen-bond donors (Lipinski definition) is 3. The number of carbonyl (C=O) groups is 1. The molecular weight excluding hydrogens is 198 g/mol. The fourth-order valence-corrected chi connectivity index (χ4v) is 0.755. The van der Waals surface area contributed by atoms with Crippen molar-refractivity contribution in [3.8, 4) is 12.3 Å². The van der Waals surface area contributed by atoms with Gasteiger partial charge in [0.25, 0.3) is 0 Å². The number of amides is 1. The standard InChI is InChI=1S/C10H17NO4/c1-5-10(6-12,7-13)11-8(14)15-9(2,3)4/h1,12-13H,6-7H2,2-4H3,(H,11,14). The number of terminal acetylenes is 1. The van der Waals surface area contributed by atoms with E-state index in [1.165, 1.54) is 0 Å². The predicted molar refractivity (Wildman–Crippen MR) is 55.1 cm³/mol. The van der Waals surface area contributed by atoms with Gasteiger partial charge in [-0.2, -0.15) is 0 Å². The number of ether oxygens (including phenoxy) is 1. The number of rotatable bonds is 3. The molecule has 0 fully saturated rings. The van der Waals surface area contributed by atoms with Crippen molar-refractivity contribution >= 4 is 6.09 Å². The summed E-state index contributed by atoms with van der Waals surface area (Å²) in [6.45, 7) is 3.98. The Bertz CT molecular complexity index is 258. The van der Waals surface area contributed by atoms with Crippen molar-refractivity contribution in [3.05, 3.63) is 0 Å². The molecule has 15 heavy (non-hydrogen) atoms. The van der Waals surface area contributed by atoms with Crippen LogP contribution in [0, 0.1) is 12.3 Å². The zero-order chi connectivity index (χ0) is 12.1. The van der Waals surface area contributed by atoms with Gasteiger partial charge in [-0.05, 0) is 20.8 Å². The van der Waals surface area contributed by atoms with Gasteiger partial charge < -0.3 is 20.3 Å². The zero-order valence-electron chi connectivity index (χ0n) is 9.20. The van der Waals surface area contributed by atoms with E-state index >= 15 is 0 Å². The molecule has 0 heterocycles. The van der Waals surface area contributed by atoms with Crippen LogP contribution in [0.3, 0.4) is 0 Å². The monoisotopic (exact) mass is 215 g/mol. The van der Waals surface area contributed by atoms with E-state index in [1.807, 2.05) is 0 Å². The van der Waals surface area contributed by atoms with E-state index in [-0.39, 0.29) is 0 Å². The molecule has 86 valence electrons. The predicted octanol–water partition coefficient (Wildman–Crippen LogP) is -0.132. The van der Waals surface area contributed by atoms with Crippen molar-refractivity contribution < 1.29 is 19.7 Å². The van der Waals surface area contributed by atoms with Crippen LogP contribution in [0.25, 0.3) is 0 Å². The summed E-state index contributed by atoms with van der Waals surface area (Å²) in [5, 5.41) is 20.1. The number of hydrogen-bond acceptors (Lipinski definition) is 4. The van der Waals surface area contributed by atoms with Crippen LogP contribution < -0.4 is 5.32 Å². The average Bonchev–Trinajstić information content (AvgIpc) is 2.11. The lowest BCUT2D eigenvalue weighted by molar-refractivity contribution is 0.0388. The first kappa shape index (κ1) is 13.8. The van der Waals surface area contributed by atoms with Gasteiger partial charge in [0.15, 0.2) is 0 Å². The first-order valence-corrected chi connectivity index (χ1v) is 4.49. The van der Waals surface area contributed by atoms with Gasteiger partial charge in [0.2, 0.25) is 0 Å². The molecule has 0 aromatic rings. The second-order valence-corrected chi connectivity index (χ2v) is 4.17.